The lowest BCUT2D eigenvalue weighted by Gasteiger charge is -2.03. The zero-order valence-electron chi connectivity index (χ0n) is 8.29. The molecule has 0 aromatic heterocycles. The van der Waals surface area contributed by atoms with E-state index in [0.29, 0.717) is 0 Å². The smallest absolute Gasteiger partial charge is 0.145 e. The highest BCUT2D eigenvalue weighted by Gasteiger charge is 1.97. The first-order valence-corrected chi connectivity index (χ1v) is 4.35. The maximum absolute atomic E-state index is 10.4. The van der Waals surface area contributed by atoms with Crippen LogP contribution in [0.3, 0.4) is 0 Å². The van der Waals surface area contributed by atoms with Crippen molar-refractivity contribution in [1.29, 1.82) is 0 Å². The third-order valence-corrected chi connectivity index (χ3v) is 2.22. The first kappa shape index (κ1) is 9.72. The highest BCUT2D eigenvalue weighted by Crippen LogP contribution is 2.15. The van der Waals surface area contributed by atoms with Crippen molar-refractivity contribution in [2.45, 2.75) is 20.8 Å². The van der Waals surface area contributed by atoms with Gasteiger partial charge in [-0.1, -0.05) is 18.2 Å². The van der Waals surface area contributed by atoms with Gasteiger partial charge in [-0.05, 0) is 49.1 Å². The first-order chi connectivity index (χ1) is 6.15. The number of benzene rings is 1. The van der Waals surface area contributed by atoms with Crippen LogP contribution in [0.1, 0.15) is 23.6 Å². The third-order valence-electron chi connectivity index (χ3n) is 2.22. The summed E-state index contributed by atoms with van der Waals surface area (Å²) in [6, 6.07) is 6.10. The lowest BCUT2D eigenvalue weighted by molar-refractivity contribution is -0.104. The van der Waals surface area contributed by atoms with Gasteiger partial charge in [0.25, 0.3) is 0 Å². The van der Waals surface area contributed by atoms with Crippen LogP contribution in [-0.2, 0) is 4.79 Å². The predicted molar refractivity (Wildman–Crippen MR) is 55.6 cm³/mol. The quantitative estimate of drug-likeness (QED) is 0.497. The summed E-state index contributed by atoms with van der Waals surface area (Å²) in [6.45, 7) is 5.96. The summed E-state index contributed by atoms with van der Waals surface area (Å²) in [5.74, 6) is 0. The van der Waals surface area contributed by atoms with E-state index in [2.05, 4.69) is 19.9 Å². The van der Waals surface area contributed by atoms with Crippen LogP contribution >= 0.6 is 0 Å². The monoisotopic (exact) mass is 174 g/mol. The molecule has 1 aromatic carbocycles. The molecule has 0 spiro atoms. The lowest BCUT2D eigenvalue weighted by Crippen LogP contribution is -1.86. The predicted octanol–water partition coefficient (Wildman–Crippen LogP) is 2.91. The molecule has 0 bridgehead atoms. The summed E-state index contributed by atoms with van der Waals surface area (Å²) < 4.78 is 0. The van der Waals surface area contributed by atoms with E-state index in [0.717, 1.165) is 17.4 Å². The van der Waals surface area contributed by atoms with Crippen LogP contribution in [-0.4, -0.2) is 6.29 Å². The average molecular weight is 174 g/mol. The van der Waals surface area contributed by atoms with Crippen molar-refractivity contribution in [2.24, 2.45) is 0 Å². The Morgan fingerprint density at radius 2 is 2.00 bits per heavy atom. The Morgan fingerprint density at radius 1 is 1.31 bits per heavy atom. The average Bonchev–Trinajstić information content (AvgIpc) is 2.13. The number of carbonyl (C=O) groups is 1. The fourth-order valence-corrected chi connectivity index (χ4v) is 1.21. The van der Waals surface area contributed by atoms with Crippen molar-refractivity contribution >= 4 is 12.4 Å². The molecule has 0 fully saturated rings. The third kappa shape index (κ3) is 2.28. The van der Waals surface area contributed by atoms with Crippen LogP contribution in [0.5, 0.6) is 0 Å². The molecule has 0 aliphatic rings. The normalized spacial score (nSPS) is 11.5. The molecule has 0 heterocycles. The van der Waals surface area contributed by atoms with E-state index >= 15 is 0 Å². The Hall–Kier alpha value is -1.37. The van der Waals surface area contributed by atoms with Crippen molar-refractivity contribution in [3.63, 3.8) is 0 Å². The summed E-state index contributed by atoms with van der Waals surface area (Å²) in [7, 11) is 0. The topological polar surface area (TPSA) is 17.1 Å². The highest BCUT2D eigenvalue weighted by atomic mass is 16.1. The molecular weight excluding hydrogens is 160 g/mol. The number of carbonyl (C=O) groups excluding carboxylic acids is 1. The van der Waals surface area contributed by atoms with Crippen LogP contribution < -0.4 is 0 Å². The van der Waals surface area contributed by atoms with E-state index in [1.165, 1.54) is 11.1 Å². The van der Waals surface area contributed by atoms with Gasteiger partial charge in [0.2, 0.25) is 0 Å². The zero-order valence-corrected chi connectivity index (χ0v) is 8.29. The van der Waals surface area contributed by atoms with E-state index < -0.39 is 0 Å². The Bertz CT molecular complexity index is 348. The van der Waals surface area contributed by atoms with Crippen molar-refractivity contribution < 1.29 is 4.79 Å². The van der Waals surface area contributed by atoms with E-state index in [9.17, 15) is 4.79 Å². The molecule has 68 valence electrons. The van der Waals surface area contributed by atoms with E-state index in [1.807, 2.05) is 25.1 Å². The minimum Gasteiger partial charge on any atom is -0.298 e. The Labute approximate surface area is 79.1 Å². The second-order valence-electron chi connectivity index (χ2n) is 3.30. The van der Waals surface area contributed by atoms with Crippen LogP contribution in [0.2, 0.25) is 0 Å². The molecule has 0 N–H and O–H groups in total. The van der Waals surface area contributed by atoms with Gasteiger partial charge in [0.15, 0.2) is 0 Å². The van der Waals surface area contributed by atoms with Crippen molar-refractivity contribution in [2.75, 3.05) is 0 Å². The molecule has 0 aliphatic heterocycles. The maximum Gasteiger partial charge on any atom is 0.145 e. The van der Waals surface area contributed by atoms with E-state index in [-0.39, 0.29) is 0 Å². The zero-order chi connectivity index (χ0) is 9.84. The van der Waals surface area contributed by atoms with Gasteiger partial charge >= 0.3 is 0 Å². The Kier molecular flexibility index (Phi) is 3.02. The van der Waals surface area contributed by atoms with Gasteiger partial charge in [0, 0.05) is 0 Å². The van der Waals surface area contributed by atoms with Crippen LogP contribution in [0.4, 0.5) is 0 Å². The summed E-state index contributed by atoms with van der Waals surface area (Å²) in [5.41, 5.74) is 4.38. The van der Waals surface area contributed by atoms with Gasteiger partial charge in [0.05, 0.1) is 0 Å². The number of rotatable bonds is 2. The molecule has 0 aliphatic carbocycles. The molecule has 0 radical (unpaired) electrons. The summed E-state index contributed by atoms with van der Waals surface area (Å²) in [5, 5.41) is 0. The fraction of sp³-hybridized carbons (Fsp3) is 0.250. The number of allylic oxidation sites excluding steroid dienone is 1. The molecule has 13 heavy (non-hydrogen) atoms. The molecule has 0 saturated heterocycles. The lowest BCUT2D eigenvalue weighted by atomic mass is 10.0. The van der Waals surface area contributed by atoms with Crippen LogP contribution in [0, 0.1) is 13.8 Å². The molecule has 1 rings (SSSR count). The first-order valence-electron chi connectivity index (χ1n) is 4.35. The van der Waals surface area contributed by atoms with Crippen molar-refractivity contribution in [3.8, 4) is 0 Å². The van der Waals surface area contributed by atoms with Crippen LogP contribution in [0.15, 0.2) is 23.8 Å². The second-order valence-corrected chi connectivity index (χ2v) is 3.30. The molecule has 1 heteroatoms. The van der Waals surface area contributed by atoms with Gasteiger partial charge in [0.1, 0.15) is 6.29 Å². The second kappa shape index (κ2) is 4.04. The molecule has 0 amide bonds. The van der Waals surface area contributed by atoms with Crippen molar-refractivity contribution in [1.82, 2.24) is 0 Å². The molecule has 1 aromatic rings. The number of hydrogen-bond donors (Lipinski definition) is 0. The standard InChI is InChI=1S/C12H14O/c1-9(8-13)7-12-6-4-5-10(2)11(12)3/h4-8H,1-3H3/b9-7-. The molecule has 0 unspecified atom stereocenters. The number of aldehydes is 1. The SMILES string of the molecule is C/C(C=O)=C/c1cccc(C)c1C. The molecule has 0 saturated carbocycles. The van der Waals surface area contributed by atoms with Gasteiger partial charge in [-0.25, -0.2) is 0 Å². The summed E-state index contributed by atoms with van der Waals surface area (Å²) in [4.78, 5) is 10.4. The number of hydrogen-bond acceptors (Lipinski definition) is 1. The number of aryl methyl sites for hydroxylation is 1. The Morgan fingerprint density at radius 3 is 2.62 bits per heavy atom. The maximum atomic E-state index is 10.4. The summed E-state index contributed by atoms with van der Waals surface area (Å²) in [6.07, 6.45) is 2.79. The van der Waals surface area contributed by atoms with E-state index in [1.54, 1.807) is 0 Å². The van der Waals surface area contributed by atoms with Crippen LogP contribution in [0.25, 0.3) is 6.08 Å². The molecule has 0 atom stereocenters. The minimum absolute atomic E-state index is 0.758. The van der Waals surface area contributed by atoms with Gasteiger partial charge in [-0.15, -0.1) is 0 Å². The van der Waals surface area contributed by atoms with E-state index in [4.69, 9.17) is 0 Å². The molecular formula is C12H14O. The van der Waals surface area contributed by atoms with Gasteiger partial charge in [-0.2, -0.15) is 0 Å². The largest absolute Gasteiger partial charge is 0.298 e. The summed E-state index contributed by atoms with van der Waals surface area (Å²) >= 11 is 0. The van der Waals surface area contributed by atoms with Gasteiger partial charge < -0.3 is 0 Å². The van der Waals surface area contributed by atoms with Crippen molar-refractivity contribution in [3.05, 3.63) is 40.5 Å². The highest BCUT2D eigenvalue weighted by molar-refractivity contribution is 5.81. The Balaban J connectivity index is 3.16. The fourth-order valence-electron chi connectivity index (χ4n) is 1.21. The molecule has 1 nitrogen and oxygen atoms in total. The minimum atomic E-state index is 0.758. The van der Waals surface area contributed by atoms with Gasteiger partial charge in [-0.3, -0.25) is 4.79 Å².